The number of oxazole rings is 1. The number of thioether (sulfide) groups is 1. The minimum absolute atomic E-state index is 0.499. The molecule has 0 aliphatic rings. The average Bonchev–Trinajstić information content (AvgIpc) is 2.93. The van der Waals surface area contributed by atoms with Gasteiger partial charge >= 0.3 is 0 Å². The van der Waals surface area contributed by atoms with Gasteiger partial charge in [-0.15, -0.1) is 0 Å². The van der Waals surface area contributed by atoms with Gasteiger partial charge in [0.15, 0.2) is 5.58 Å². The smallest absolute Gasteiger partial charge is 0.256 e. The molecule has 0 bridgehead atoms. The standard InChI is InChI=1S/C16H11ClN2O2S/c17-12-4-5-15-14(9-12)19-16(21-15)22-7-6-20-13-3-1-2-11(8-13)10-18/h1-5,8-9H,6-7H2. The van der Waals surface area contributed by atoms with Gasteiger partial charge in [0.05, 0.1) is 18.2 Å². The lowest BCUT2D eigenvalue weighted by molar-refractivity contribution is 0.343. The Hall–Kier alpha value is -2.16. The molecule has 0 spiro atoms. The van der Waals surface area contributed by atoms with E-state index in [1.165, 1.54) is 11.8 Å². The number of ether oxygens (including phenoxy) is 1. The molecule has 0 unspecified atom stereocenters. The zero-order valence-corrected chi connectivity index (χ0v) is 13.0. The summed E-state index contributed by atoms with van der Waals surface area (Å²) in [5, 5.41) is 10.1. The number of hydrogen-bond acceptors (Lipinski definition) is 5. The van der Waals surface area contributed by atoms with Gasteiger partial charge in [-0.3, -0.25) is 0 Å². The SMILES string of the molecule is N#Cc1cccc(OCCSc2nc3cc(Cl)ccc3o2)c1. The Morgan fingerprint density at radius 3 is 3.05 bits per heavy atom. The zero-order chi connectivity index (χ0) is 15.4. The molecule has 6 heteroatoms. The molecule has 0 saturated heterocycles. The Kier molecular flexibility index (Phi) is 4.52. The van der Waals surface area contributed by atoms with Crippen LogP contribution in [0.25, 0.3) is 11.1 Å². The Labute approximate surface area is 136 Å². The van der Waals surface area contributed by atoms with Crippen molar-refractivity contribution in [3.05, 3.63) is 53.1 Å². The van der Waals surface area contributed by atoms with Crippen LogP contribution in [0.4, 0.5) is 0 Å². The fraction of sp³-hybridized carbons (Fsp3) is 0.125. The second-order valence-electron chi connectivity index (χ2n) is 4.43. The van der Waals surface area contributed by atoms with Crippen molar-refractivity contribution in [1.82, 2.24) is 4.98 Å². The van der Waals surface area contributed by atoms with Gasteiger partial charge in [-0.1, -0.05) is 29.4 Å². The van der Waals surface area contributed by atoms with Gasteiger partial charge in [-0.05, 0) is 36.4 Å². The van der Waals surface area contributed by atoms with E-state index in [0.29, 0.717) is 33.9 Å². The second kappa shape index (κ2) is 6.73. The molecule has 0 aliphatic heterocycles. The summed E-state index contributed by atoms with van der Waals surface area (Å²) in [7, 11) is 0. The van der Waals surface area contributed by atoms with E-state index in [1.807, 2.05) is 6.07 Å². The Balaban J connectivity index is 1.54. The van der Waals surface area contributed by atoms with E-state index in [4.69, 9.17) is 26.0 Å². The highest BCUT2D eigenvalue weighted by Crippen LogP contribution is 2.25. The minimum atomic E-state index is 0.499. The van der Waals surface area contributed by atoms with Crippen molar-refractivity contribution in [2.45, 2.75) is 5.22 Å². The maximum atomic E-state index is 8.83. The van der Waals surface area contributed by atoms with Crippen molar-refractivity contribution in [2.75, 3.05) is 12.4 Å². The van der Waals surface area contributed by atoms with Crippen LogP contribution in [0, 0.1) is 11.3 Å². The first-order valence-electron chi connectivity index (χ1n) is 6.56. The molecule has 1 aromatic heterocycles. The molecule has 0 amide bonds. The summed E-state index contributed by atoms with van der Waals surface area (Å²) in [6.07, 6.45) is 0. The van der Waals surface area contributed by atoms with Crippen LogP contribution in [0.15, 0.2) is 52.1 Å². The van der Waals surface area contributed by atoms with E-state index < -0.39 is 0 Å². The van der Waals surface area contributed by atoms with Gasteiger partial charge in [-0.2, -0.15) is 5.26 Å². The largest absolute Gasteiger partial charge is 0.493 e. The molecule has 3 aromatic rings. The molecular formula is C16H11ClN2O2S. The van der Waals surface area contributed by atoms with Crippen LogP contribution < -0.4 is 4.74 Å². The Bertz CT molecular complexity index is 842. The fourth-order valence-electron chi connectivity index (χ4n) is 1.89. The van der Waals surface area contributed by atoms with Gasteiger partial charge in [0.25, 0.3) is 5.22 Å². The van der Waals surface area contributed by atoms with Crippen molar-refractivity contribution >= 4 is 34.5 Å². The first kappa shape index (κ1) is 14.8. The quantitative estimate of drug-likeness (QED) is 0.508. The number of hydrogen-bond donors (Lipinski definition) is 0. The Morgan fingerprint density at radius 2 is 2.18 bits per heavy atom. The molecule has 1 heterocycles. The van der Waals surface area contributed by atoms with Crippen LogP contribution in [-0.2, 0) is 0 Å². The number of benzene rings is 2. The summed E-state index contributed by atoms with van der Waals surface area (Å²) in [4.78, 5) is 4.36. The van der Waals surface area contributed by atoms with Crippen molar-refractivity contribution < 1.29 is 9.15 Å². The number of nitrogens with zero attached hydrogens (tertiary/aromatic N) is 2. The van der Waals surface area contributed by atoms with E-state index in [-0.39, 0.29) is 0 Å². The average molecular weight is 331 g/mol. The summed E-state index contributed by atoms with van der Waals surface area (Å²) in [6.45, 7) is 0.499. The highest BCUT2D eigenvalue weighted by Gasteiger charge is 2.06. The predicted molar refractivity (Wildman–Crippen MR) is 86.4 cm³/mol. The maximum Gasteiger partial charge on any atom is 0.256 e. The molecule has 4 nitrogen and oxygen atoms in total. The summed E-state index contributed by atoms with van der Waals surface area (Å²) in [6, 6.07) is 14.5. The summed E-state index contributed by atoms with van der Waals surface area (Å²) in [5.74, 6) is 1.38. The third-order valence-electron chi connectivity index (χ3n) is 2.87. The normalized spacial score (nSPS) is 10.5. The lowest BCUT2D eigenvalue weighted by atomic mass is 10.2. The summed E-state index contributed by atoms with van der Waals surface area (Å²) < 4.78 is 11.2. The van der Waals surface area contributed by atoms with Crippen LogP contribution in [0.5, 0.6) is 5.75 Å². The minimum Gasteiger partial charge on any atom is -0.493 e. The molecule has 0 N–H and O–H groups in total. The number of halogens is 1. The third kappa shape index (κ3) is 3.53. The maximum absolute atomic E-state index is 8.83. The zero-order valence-electron chi connectivity index (χ0n) is 11.5. The molecule has 0 aliphatic carbocycles. The van der Waals surface area contributed by atoms with Crippen molar-refractivity contribution in [3.8, 4) is 11.8 Å². The predicted octanol–water partition coefficient (Wildman–Crippen LogP) is 4.52. The molecule has 0 fully saturated rings. The topological polar surface area (TPSA) is 59.0 Å². The molecule has 0 radical (unpaired) electrons. The van der Waals surface area contributed by atoms with Gasteiger partial charge < -0.3 is 9.15 Å². The van der Waals surface area contributed by atoms with Gasteiger partial charge in [0, 0.05) is 10.8 Å². The van der Waals surface area contributed by atoms with E-state index in [9.17, 15) is 0 Å². The van der Waals surface area contributed by atoms with Crippen LogP contribution in [0.3, 0.4) is 0 Å². The first-order chi connectivity index (χ1) is 10.7. The fourth-order valence-corrected chi connectivity index (χ4v) is 2.70. The van der Waals surface area contributed by atoms with Crippen LogP contribution in [-0.4, -0.2) is 17.3 Å². The highest BCUT2D eigenvalue weighted by atomic mass is 35.5. The molecule has 2 aromatic carbocycles. The number of aromatic nitrogens is 1. The lowest BCUT2D eigenvalue weighted by Gasteiger charge is -2.04. The van der Waals surface area contributed by atoms with E-state index in [1.54, 1.807) is 36.4 Å². The highest BCUT2D eigenvalue weighted by molar-refractivity contribution is 7.99. The first-order valence-corrected chi connectivity index (χ1v) is 7.93. The van der Waals surface area contributed by atoms with Crippen LogP contribution >= 0.6 is 23.4 Å². The van der Waals surface area contributed by atoms with Crippen LogP contribution in [0.1, 0.15) is 5.56 Å². The van der Waals surface area contributed by atoms with Gasteiger partial charge in [0.1, 0.15) is 11.3 Å². The molecule has 110 valence electrons. The second-order valence-corrected chi connectivity index (χ2v) is 5.91. The van der Waals surface area contributed by atoms with Crippen LogP contribution in [0.2, 0.25) is 5.02 Å². The molecule has 22 heavy (non-hydrogen) atoms. The Morgan fingerprint density at radius 1 is 1.27 bits per heavy atom. The van der Waals surface area contributed by atoms with E-state index in [2.05, 4.69) is 11.1 Å². The van der Waals surface area contributed by atoms with Crippen molar-refractivity contribution in [3.63, 3.8) is 0 Å². The molecule has 3 rings (SSSR count). The lowest BCUT2D eigenvalue weighted by Crippen LogP contribution is -2.00. The summed E-state index contributed by atoms with van der Waals surface area (Å²) >= 11 is 7.39. The van der Waals surface area contributed by atoms with Crippen molar-refractivity contribution in [1.29, 1.82) is 5.26 Å². The number of nitriles is 1. The molecule has 0 atom stereocenters. The van der Waals surface area contributed by atoms with E-state index >= 15 is 0 Å². The van der Waals surface area contributed by atoms with E-state index in [0.717, 1.165) is 11.1 Å². The molecular weight excluding hydrogens is 320 g/mol. The monoisotopic (exact) mass is 330 g/mol. The number of rotatable bonds is 5. The van der Waals surface area contributed by atoms with Gasteiger partial charge in [0.2, 0.25) is 0 Å². The van der Waals surface area contributed by atoms with Gasteiger partial charge in [-0.25, -0.2) is 4.98 Å². The van der Waals surface area contributed by atoms with Crippen molar-refractivity contribution in [2.24, 2.45) is 0 Å². The number of fused-ring (bicyclic) bond motifs is 1. The molecule has 0 saturated carbocycles. The third-order valence-corrected chi connectivity index (χ3v) is 3.90. The summed E-state index contributed by atoms with van der Waals surface area (Å²) in [5.41, 5.74) is 2.05.